The SMILES string of the molecule is O=C(Nc1nccs1)c1cccn(OCc2cccc(F)c2)c1=O. The number of carbonyl (C=O) groups excluding carboxylic acids is 1. The van der Waals surface area contributed by atoms with Gasteiger partial charge in [0.25, 0.3) is 11.5 Å². The molecule has 0 bridgehead atoms. The van der Waals surface area contributed by atoms with Gasteiger partial charge >= 0.3 is 0 Å². The third kappa shape index (κ3) is 3.66. The molecule has 6 nitrogen and oxygen atoms in total. The molecule has 0 aliphatic carbocycles. The normalized spacial score (nSPS) is 10.4. The van der Waals surface area contributed by atoms with Crippen LogP contribution in [-0.2, 0) is 6.61 Å². The van der Waals surface area contributed by atoms with Crippen molar-refractivity contribution in [2.24, 2.45) is 0 Å². The van der Waals surface area contributed by atoms with E-state index in [4.69, 9.17) is 4.84 Å². The Kier molecular flexibility index (Phi) is 4.66. The van der Waals surface area contributed by atoms with Crippen molar-refractivity contribution >= 4 is 22.4 Å². The Balaban J connectivity index is 1.75. The number of hydrogen-bond donors (Lipinski definition) is 1. The third-order valence-corrected chi connectivity index (χ3v) is 3.76. The molecule has 3 rings (SSSR count). The summed E-state index contributed by atoms with van der Waals surface area (Å²) in [7, 11) is 0. The van der Waals surface area contributed by atoms with Crippen LogP contribution in [0, 0.1) is 5.82 Å². The van der Waals surface area contributed by atoms with Crippen LogP contribution in [0.1, 0.15) is 15.9 Å². The van der Waals surface area contributed by atoms with E-state index in [1.165, 1.54) is 41.8 Å². The number of amides is 1. The minimum absolute atomic E-state index is 0.00474. The second kappa shape index (κ2) is 7.05. The van der Waals surface area contributed by atoms with Crippen molar-refractivity contribution in [3.05, 3.63) is 81.5 Å². The highest BCUT2D eigenvalue weighted by molar-refractivity contribution is 7.13. The maximum absolute atomic E-state index is 13.1. The van der Waals surface area contributed by atoms with Gasteiger partial charge in [-0.2, -0.15) is 4.73 Å². The van der Waals surface area contributed by atoms with Gasteiger partial charge in [-0.25, -0.2) is 9.37 Å². The van der Waals surface area contributed by atoms with Crippen molar-refractivity contribution in [3.8, 4) is 0 Å². The first-order valence-corrected chi connectivity index (χ1v) is 7.82. The quantitative estimate of drug-likeness (QED) is 0.770. The Morgan fingerprint density at radius 3 is 2.96 bits per heavy atom. The van der Waals surface area contributed by atoms with Crippen LogP contribution in [0.2, 0.25) is 0 Å². The fraction of sp³-hybridized carbons (Fsp3) is 0.0625. The van der Waals surface area contributed by atoms with E-state index in [0.29, 0.717) is 10.7 Å². The molecule has 0 spiro atoms. The Hall–Kier alpha value is -3.00. The largest absolute Gasteiger partial charge is 0.406 e. The van der Waals surface area contributed by atoms with E-state index in [1.807, 2.05) is 0 Å². The molecule has 1 aromatic carbocycles. The van der Waals surface area contributed by atoms with Crippen LogP contribution in [0.15, 0.2) is 59.0 Å². The number of pyridine rings is 1. The molecular formula is C16H12FN3O3S. The highest BCUT2D eigenvalue weighted by Gasteiger charge is 2.14. The molecule has 1 amide bonds. The predicted molar refractivity (Wildman–Crippen MR) is 87.5 cm³/mol. The standard InChI is InChI=1S/C16H12FN3O3S/c17-12-4-1-3-11(9-12)10-23-20-7-2-5-13(15(20)22)14(21)19-16-18-6-8-24-16/h1-9H,10H2,(H,18,19,21). The Bertz CT molecular complexity index is 909. The number of nitrogens with one attached hydrogen (secondary N) is 1. The Morgan fingerprint density at radius 1 is 1.33 bits per heavy atom. The lowest BCUT2D eigenvalue weighted by Crippen LogP contribution is -2.32. The summed E-state index contributed by atoms with van der Waals surface area (Å²) in [5.41, 5.74) is -0.116. The molecule has 0 saturated heterocycles. The fourth-order valence-corrected chi connectivity index (χ4v) is 2.49. The number of nitrogens with zero attached hydrogens (tertiary/aromatic N) is 2. The number of carbonyl (C=O) groups is 1. The van der Waals surface area contributed by atoms with Crippen LogP contribution in [-0.4, -0.2) is 15.6 Å². The molecule has 0 fully saturated rings. The number of benzene rings is 1. The zero-order valence-electron chi connectivity index (χ0n) is 12.3. The number of anilines is 1. The second-order valence-electron chi connectivity index (χ2n) is 4.75. The molecule has 24 heavy (non-hydrogen) atoms. The van der Waals surface area contributed by atoms with Gasteiger partial charge in [0, 0.05) is 17.8 Å². The zero-order valence-corrected chi connectivity index (χ0v) is 13.1. The molecule has 122 valence electrons. The minimum Gasteiger partial charge on any atom is -0.406 e. The van der Waals surface area contributed by atoms with Crippen LogP contribution in [0.3, 0.4) is 0 Å². The molecular weight excluding hydrogens is 333 g/mol. The van der Waals surface area contributed by atoms with Gasteiger partial charge in [0.2, 0.25) is 0 Å². The average molecular weight is 345 g/mol. The van der Waals surface area contributed by atoms with Gasteiger partial charge in [-0.05, 0) is 29.8 Å². The summed E-state index contributed by atoms with van der Waals surface area (Å²) in [6, 6.07) is 8.77. The van der Waals surface area contributed by atoms with Crippen molar-refractivity contribution in [1.29, 1.82) is 0 Å². The summed E-state index contributed by atoms with van der Waals surface area (Å²) in [5, 5.41) is 4.65. The van der Waals surface area contributed by atoms with Gasteiger partial charge in [-0.3, -0.25) is 14.9 Å². The van der Waals surface area contributed by atoms with E-state index < -0.39 is 11.5 Å². The molecule has 0 unspecified atom stereocenters. The van der Waals surface area contributed by atoms with E-state index in [2.05, 4.69) is 10.3 Å². The summed E-state index contributed by atoms with van der Waals surface area (Å²) in [6.07, 6.45) is 2.94. The molecule has 3 aromatic rings. The average Bonchev–Trinajstić information content (AvgIpc) is 3.07. The number of aromatic nitrogens is 2. The number of rotatable bonds is 5. The van der Waals surface area contributed by atoms with Crippen molar-refractivity contribution in [1.82, 2.24) is 9.71 Å². The first-order chi connectivity index (χ1) is 11.6. The highest BCUT2D eigenvalue weighted by Crippen LogP contribution is 2.11. The molecule has 2 heterocycles. The van der Waals surface area contributed by atoms with E-state index in [-0.39, 0.29) is 18.0 Å². The summed E-state index contributed by atoms with van der Waals surface area (Å²) in [4.78, 5) is 33.7. The van der Waals surface area contributed by atoms with Gasteiger partial charge in [-0.1, -0.05) is 12.1 Å². The summed E-state index contributed by atoms with van der Waals surface area (Å²) in [6.45, 7) is -0.00474. The van der Waals surface area contributed by atoms with Gasteiger partial charge in [0.05, 0.1) is 0 Å². The van der Waals surface area contributed by atoms with Gasteiger partial charge in [0.15, 0.2) is 5.13 Å². The van der Waals surface area contributed by atoms with Crippen LogP contribution in [0.4, 0.5) is 9.52 Å². The van der Waals surface area contributed by atoms with Crippen molar-refractivity contribution < 1.29 is 14.0 Å². The Morgan fingerprint density at radius 2 is 2.21 bits per heavy atom. The fourth-order valence-electron chi connectivity index (χ4n) is 1.97. The molecule has 0 atom stereocenters. The van der Waals surface area contributed by atoms with E-state index >= 15 is 0 Å². The minimum atomic E-state index is -0.608. The van der Waals surface area contributed by atoms with E-state index in [9.17, 15) is 14.0 Å². The molecule has 0 aliphatic rings. The maximum atomic E-state index is 13.1. The predicted octanol–water partition coefficient (Wildman–Crippen LogP) is 2.33. The van der Waals surface area contributed by atoms with E-state index in [0.717, 1.165) is 4.73 Å². The lowest BCUT2D eigenvalue weighted by Gasteiger charge is -2.09. The first-order valence-electron chi connectivity index (χ1n) is 6.94. The van der Waals surface area contributed by atoms with Crippen LogP contribution in [0.25, 0.3) is 0 Å². The Labute approximate surface area is 140 Å². The topological polar surface area (TPSA) is 73.2 Å². The van der Waals surface area contributed by atoms with Crippen molar-refractivity contribution in [2.75, 3.05) is 5.32 Å². The van der Waals surface area contributed by atoms with Crippen molar-refractivity contribution in [2.45, 2.75) is 6.61 Å². The number of thiazole rings is 1. The molecule has 0 saturated carbocycles. The van der Waals surface area contributed by atoms with Crippen molar-refractivity contribution in [3.63, 3.8) is 0 Å². The summed E-state index contributed by atoms with van der Waals surface area (Å²) in [5.74, 6) is -0.960. The van der Waals surface area contributed by atoms with Crippen LogP contribution in [0.5, 0.6) is 0 Å². The third-order valence-electron chi connectivity index (χ3n) is 3.07. The number of halogens is 1. The second-order valence-corrected chi connectivity index (χ2v) is 5.64. The highest BCUT2D eigenvalue weighted by atomic mass is 32.1. The maximum Gasteiger partial charge on any atom is 0.295 e. The molecule has 8 heteroatoms. The first kappa shape index (κ1) is 15.9. The van der Waals surface area contributed by atoms with Crippen LogP contribution >= 0.6 is 11.3 Å². The summed E-state index contributed by atoms with van der Waals surface area (Å²) < 4.78 is 14.1. The molecule has 1 N–H and O–H groups in total. The van der Waals surface area contributed by atoms with Crippen LogP contribution < -0.4 is 15.7 Å². The lowest BCUT2D eigenvalue weighted by molar-refractivity contribution is 0.0862. The summed E-state index contributed by atoms with van der Waals surface area (Å²) >= 11 is 1.25. The van der Waals surface area contributed by atoms with Gasteiger partial charge < -0.3 is 4.84 Å². The van der Waals surface area contributed by atoms with E-state index in [1.54, 1.807) is 23.7 Å². The van der Waals surface area contributed by atoms with Gasteiger partial charge in [-0.15, -0.1) is 11.3 Å². The molecule has 2 aromatic heterocycles. The van der Waals surface area contributed by atoms with Gasteiger partial charge in [0.1, 0.15) is 18.0 Å². The smallest absolute Gasteiger partial charge is 0.295 e. The monoisotopic (exact) mass is 345 g/mol. The number of hydrogen-bond acceptors (Lipinski definition) is 5. The lowest BCUT2D eigenvalue weighted by atomic mass is 10.2. The molecule has 0 radical (unpaired) electrons. The molecule has 0 aliphatic heterocycles. The zero-order chi connectivity index (χ0) is 16.9.